The van der Waals surface area contributed by atoms with Gasteiger partial charge in [-0.15, -0.1) is 0 Å². The third-order valence-electron chi connectivity index (χ3n) is 2.09. The number of pyridine rings is 1. The summed E-state index contributed by atoms with van der Waals surface area (Å²) in [6, 6.07) is 4.11. The highest BCUT2D eigenvalue weighted by Crippen LogP contribution is 2.22. The summed E-state index contributed by atoms with van der Waals surface area (Å²) in [5.74, 6) is 0.531. The van der Waals surface area contributed by atoms with Crippen LogP contribution in [-0.2, 0) is 0 Å². The van der Waals surface area contributed by atoms with E-state index in [4.69, 9.17) is 0 Å². The van der Waals surface area contributed by atoms with Gasteiger partial charge in [0.1, 0.15) is 0 Å². The van der Waals surface area contributed by atoms with Crippen molar-refractivity contribution in [2.75, 3.05) is 0 Å². The van der Waals surface area contributed by atoms with E-state index in [1.54, 1.807) is 0 Å². The van der Waals surface area contributed by atoms with Gasteiger partial charge < -0.3 is 0 Å². The normalized spacial score (nSPS) is 18.6. The number of nitrogens with zero attached hydrogens (tertiary/aromatic N) is 1. The zero-order valence-electron chi connectivity index (χ0n) is 8.85. The molecule has 1 nitrogen and oxygen atoms in total. The van der Waals surface area contributed by atoms with Crippen LogP contribution in [0.5, 0.6) is 0 Å². The first-order valence-corrected chi connectivity index (χ1v) is 5.20. The van der Waals surface area contributed by atoms with Crippen LogP contribution >= 0.6 is 0 Å². The van der Waals surface area contributed by atoms with Gasteiger partial charge in [-0.1, -0.05) is 44.2 Å². The van der Waals surface area contributed by atoms with Crippen LogP contribution in [0, 0.1) is 0 Å². The average Bonchev–Trinajstić information content (AvgIpc) is 2.34. The lowest BCUT2D eigenvalue weighted by atomic mass is 9.94. The van der Waals surface area contributed by atoms with Crippen LogP contribution in [0.1, 0.15) is 31.7 Å². The van der Waals surface area contributed by atoms with Crippen molar-refractivity contribution in [3.63, 3.8) is 0 Å². The third kappa shape index (κ3) is 2.84. The van der Waals surface area contributed by atoms with Gasteiger partial charge in [-0.2, -0.15) is 0 Å². The SMILES string of the molecule is C1=CCC(c2cccnc2)C=C1.CC. The van der Waals surface area contributed by atoms with Crippen LogP contribution < -0.4 is 0 Å². The molecule has 0 aromatic carbocycles. The van der Waals surface area contributed by atoms with Crippen LogP contribution in [0.3, 0.4) is 0 Å². The van der Waals surface area contributed by atoms with Crippen LogP contribution in [0.25, 0.3) is 0 Å². The zero-order chi connectivity index (χ0) is 10.2. The van der Waals surface area contributed by atoms with Gasteiger partial charge in [0.25, 0.3) is 0 Å². The molecule has 0 radical (unpaired) electrons. The monoisotopic (exact) mass is 187 g/mol. The second-order valence-corrected chi connectivity index (χ2v) is 2.94. The predicted molar refractivity (Wildman–Crippen MR) is 61.2 cm³/mol. The van der Waals surface area contributed by atoms with E-state index in [0.717, 1.165) is 6.42 Å². The number of hydrogen-bond donors (Lipinski definition) is 0. The van der Waals surface area contributed by atoms with Crippen LogP contribution in [0.4, 0.5) is 0 Å². The molecule has 1 heterocycles. The minimum Gasteiger partial charge on any atom is -0.264 e. The van der Waals surface area contributed by atoms with Gasteiger partial charge in [-0.3, -0.25) is 4.98 Å². The summed E-state index contributed by atoms with van der Waals surface area (Å²) >= 11 is 0. The molecule has 0 aliphatic heterocycles. The molecule has 74 valence electrons. The second kappa shape index (κ2) is 6.14. The molecular formula is C13H17N. The molecule has 1 unspecified atom stereocenters. The Morgan fingerprint density at radius 2 is 2.14 bits per heavy atom. The summed E-state index contributed by atoms with van der Waals surface area (Å²) in [4.78, 5) is 4.10. The molecule has 0 amide bonds. The second-order valence-electron chi connectivity index (χ2n) is 2.94. The Balaban J connectivity index is 0.000000461. The summed E-state index contributed by atoms with van der Waals surface area (Å²) in [6.07, 6.45) is 13.4. The van der Waals surface area contributed by atoms with E-state index in [-0.39, 0.29) is 0 Å². The maximum absolute atomic E-state index is 4.10. The summed E-state index contributed by atoms with van der Waals surface area (Å²) < 4.78 is 0. The fraction of sp³-hybridized carbons (Fsp3) is 0.308. The fourth-order valence-electron chi connectivity index (χ4n) is 1.42. The van der Waals surface area contributed by atoms with Crippen molar-refractivity contribution in [2.45, 2.75) is 26.2 Å². The maximum atomic E-state index is 4.10. The Morgan fingerprint density at radius 1 is 1.29 bits per heavy atom. The largest absolute Gasteiger partial charge is 0.264 e. The highest BCUT2D eigenvalue weighted by atomic mass is 14.6. The van der Waals surface area contributed by atoms with Crippen molar-refractivity contribution in [3.05, 3.63) is 54.4 Å². The number of aromatic nitrogens is 1. The van der Waals surface area contributed by atoms with Gasteiger partial charge in [-0.25, -0.2) is 0 Å². The first kappa shape index (κ1) is 10.7. The molecule has 1 heteroatoms. The molecule has 2 rings (SSSR count). The molecule has 14 heavy (non-hydrogen) atoms. The quantitative estimate of drug-likeness (QED) is 0.653. The number of hydrogen-bond acceptors (Lipinski definition) is 1. The van der Waals surface area contributed by atoms with E-state index in [0.29, 0.717) is 5.92 Å². The van der Waals surface area contributed by atoms with E-state index in [1.807, 2.05) is 32.3 Å². The summed E-state index contributed by atoms with van der Waals surface area (Å²) in [5, 5.41) is 0. The van der Waals surface area contributed by atoms with E-state index in [2.05, 4.69) is 35.4 Å². The zero-order valence-corrected chi connectivity index (χ0v) is 8.85. The first-order valence-electron chi connectivity index (χ1n) is 5.20. The molecule has 0 spiro atoms. The van der Waals surface area contributed by atoms with E-state index in [9.17, 15) is 0 Å². The van der Waals surface area contributed by atoms with Crippen molar-refractivity contribution in [2.24, 2.45) is 0 Å². The van der Waals surface area contributed by atoms with E-state index < -0.39 is 0 Å². The summed E-state index contributed by atoms with van der Waals surface area (Å²) in [5.41, 5.74) is 1.30. The lowest BCUT2D eigenvalue weighted by molar-refractivity contribution is 0.846. The molecule has 1 aliphatic carbocycles. The number of allylic oxidation sites excluding steroid dienone is 4. The van der Waals surface area contributed by atoms with Crippen LogP contribution in [-0.4, -0.2) is 4.98 Å². The molecule has 1 aromatic rings. The Morgan fingerprint density at radius 3 is 2.71 bits per heavy atom. The van der Waals surface area contributed by atoms with E-state index in [1.165, 1.54) is 5.56 Å². The maximum Gasteiger partial charge on any atom is 0.0305 e. The molecular weight excluding hydrogens is 170 g/mol. The highest BCUT2D eigenvalue weighted by molar-refractivity contribution is 5.26. The van der Waals surface area contributed by atoms with Gasteiger partial charge in [0.15, 0.2) is 0 Å². The third-order valence-corrected chi connectivity index (χ3v) is 2.09. The summed E-state index contributed by atoms with van der Waals surface area (Å²) in [6.45, 7) is 4.00. The Kier molecular flexibility index (Phi) is 4.70. The molecule has 1 aromatic heterocycles. The van der Waals surface area contributed by atoms with Crippen LogP contribution in [0.15, 0.2) is 48.8 Å². The van der Waals surface area contributed by atoms with E-state index >= 15 is 0 Å². The smallest absolute Gasteiger partial charge is 0.0305 e. The Hall–Kier alpha value is -1.37. The van der Waals surface area contributed by atoms with Crippen molar-refractivity contribution in [1.29, 1.82) is 0 Å². The van der Waals surface area contributed by atoms with Crippen molar-refractivity contribution >= 4 is 0 Å². The van der Waals surface area contributed by atoms with Crippen LogP contribution in [0.2, 0.25) is 0 Å². The minimum atomic E-state index is 0.531. The van der Waals surface area contributed by atoms with Crippen molar-refractivity contribution < 1.29 is 0 Å². The Labute approximate surface area is 86.2 Å². The van der Waals surface area contributed by atoms with Crippen molar-refractivity contribution in [1.82, 2.24) is 4.98 Å². The fourth-order valence-corrected chi connectivity index (χ4v) is 1.42. The standard InChI is InChI=1S/C11H11N.C2H6/c1-2-5-10(6-3-1)11-7-4-8-12-9-11;1-2/h1-5,7-10H,6H2;1-2H3. The van der Waals surface area contributed by atoms with Crippen molar-refractivity contribution in [3.8, 4) is 0 Å². The molecule has 0 N–H and O–H groups in total. The average molecular weight is 187 g/mol. The van der Waals surface area contributed by atoms with Gasteiger partial charge in [0.2, 0.25) is 0 Å². The lowest BCUT2D eigenvalue weighted by Crippen LogP contribution is -1.95. The highest BCUT2D eigenvalue weighted by Gasteiger charge is 2.06. The predicted octanol–water partition coefficient (Wildman–Crippen LogP) is 3.71. The van der Waals surface area contributed by atoms with Gasteiger partial charge in [0.05, 0.1) is 0 Å². The minimum absolute atomic E-state index is 0.531. The molecule has 0 saturated carbocycles. The van der Waals surface area contributed by atoms with Gasteiger partial charge in [-0.05, 0) is 18.1 Å². The van der Waals surface area contributed by atoms with Gasteiger partial charge in [0, 0.05) is 18.3 Å². The summed E-state index contributed by atoms with van der Waals surface area (Å²) in [7, 11) is 0. The number of rotatable bonds is 1. The first-order chi connectivity index (χ1) is 6.97. The molecule has 0 fully saturated rings. The molecule has 0 bridgehead atoms. The Bertz CT molecular complexity index is 298. The van der Waals surface area contributed by atoms with Gasteiger partial charge >= 0.3 is 0 Å². The molecule has 1 aliphatic rings. The topological polar surface area (TPSA) is 12.9 Å². The lowest BCUT2D eigenvalue weighted by Gasteiger charge is -2.11. The molecule has 0 saturated heterocycles. The molecule has 1 atom stereocenters.